The van der Waals surface area contributed by atoms with Gasteiger partial charge in [0.1, 0.15) is 24.3 Å². The first-order valence-electron chi connectivity index (χ1n) is 15.7. The Morgan fingerprint density at radius 3 is 2.57 bits per heavy atom. The third-order valence-corrected chi connectivity index (χ3v) is 7.47. The smallest absolute Gasteiger partial charge is 0.223 e. The molecule has 6 N–H and O–H groups in total. The van der Waals surface area contributed by atoms with Crippen molar-refractivity contribution < 1.29 is 19.1 Å². The number of H-pyrrole nitrogens is 1. The second kappa shape index (κ2) is 19.5. The average Bonchev–Trinajstić information content (AvgIpc) is 3.53. The number of aromatic nitrogens is 4. The van der Waals surface area contributed by atoms with Gasteiger partial charge in [0.25, 0.3) is 0 Å². The maximum absolute atomic E-state index is 10.4. The lowest BCUT2D eigenvalue weighted by atomic mass is 10.0. The molecule has 1 saturated heterocycles. The largest absolute Gasteiger partial charge is 0.493 e. The highest BCUT2D eigenvalue weighted by Crippen LogP contribution is 2.35. The number of fused-ring (bicyclic) bond motifs is 1. The van der Waals surface area contributed by atoms with Crippen LogP contribution in [0.25, 0.3) is 10.9 Å². The number of unbranched alkanes of at least 4 members (excludes halogenated alkanes) is 4. The van der Waals surface area contributed by atoms with E-state index in [0.717, 1.165) is 85.2 Å². The number of amides is 1. The molecule has 1 amide bonds. The van der Waals surface area contributed by atoms with Crippen LogP contribution in [0.5, 0.6) is 11.5 Å². The van der Waals surface area contributed by atoms with Gasteiger partial charge >= 0.3 is 0 Å². The number of rotatable bonds is 15. The number of aryl methyl sites for hydroxylation is 1. The van der Waals surface area contributed by atoms with E-state index in [1.54, 1.807) is 7.11 Å². The Morgan fingerprint density at radius 2 is 1.89 bits per heavy atom. The van der Waals surface area contributed by atoms with Crippen molar-refractivity contribution in [2.24, 2.45) is 17.4 Å². The molecule has 1 aliphatic rings. The van der Waals surface area contributed by atoms with Crippen molar-refractivity contribution in [2.45, 2.75) is 44.9 Å². The third-order valence-electron chi connectivity index (χ3n) is 7.47. The number of carbonyl (C=O) groups excluding carboxylic acids is 2. The standard InChI is InChI=1S/C29H31N5O3.C5H10N2O.CH5N/c1-3-21-10-9-11-22(16-21)34-29-24-17-27(26(36-2)18-25(24)31-20-32-29)37-15-13-23-19-30-28(33-23)12-7-5-4-6-8-14-35;1-7-2-4(3-7)5(6)8;1-2/h1,9-11,14,16-20H,4-8,12-13,15H2,2H3,(H,30,33)(H,31,32,34);4H,2-3H2,1H3,(H2,6,8);2H2,1H3. The Kier molecular flexibility index (Phi) is 15.1. The molecule has 1 aliphatic heterocycles. The van der Waals surface area contributed by atoms with Gasteiger partial charge < -0.3 is 40.9 Å². The van der Waals surface area contributed by atoms with E-state index in [-0.39, 0.29) is 11.8 Å². The SMILES string of the molecule is C#Cc1cccc(Nc2ncnc3cc(OC)c(OCCc4cnc(CCCCCCC=O)[nH]4)cc23)c1.CN.CN1CC(C(N)=O)C1. The number of hydrogen-bond acceptors (Lipinski definition) is 10. The highest BCUT2D eigenvalue weighted by molar-refractivity contribution is 5.93. The minimum atomic E-state index is -0.164. The van der Waals surface area contributed by atoms with E-state index in [4.69, 9.17) is 21.6 Å². The van der Waals surface area contributed by atoms with Crippen molar-refractivity contribution in [2.75, 3.05) is 46.2 Å². The summed E-state index contributed by atoms with van der Waals surface area (Å²) in [5.41, 5.74) is 12.9. The zero-order chi connectivity index (χ0) is 34.0. The van der Waals surface area contributed by atoms with Crippen LogP contribution in [0.2, 0.25) is 0 Å². The molecular weight excluding hydrogens is 596 g/mol. The molecule has 3 heterocycles. The van der Waals surface area contributed by atoms with Crippen LogP contribution in [0.1, 0.15) is 49.2 Å². The first-order valence-corrected chi connectivity index (χ1v) is 15.7. The number of aromatic amines is 1. The van der Waals surface area contributed by atoms with Crippen molar-refractivity contribution in [3.8, 4) is 23.8 Å². The van der Waals surface area contributed by atoms with Gasteiger partial charge in [0, 0.05) is 66.9 Å². The van der Waals surface area contributed by atoms with Crippen LogP contribution in [0.4, 0.5) is 11.5 Å². The minimum absolute atomic E-state index is 0.125. The lowest BCUT2D eigenvalue weighted by molar-refractivity contribution is -0.126. The maximum atomic E-state index is 10.4. The van der Waals surface area contributed by atoms with Gasteiger partial charge in [-0.2, -0.15) is 0 Å². The van der Waals surface area contributed by atoms with E-state index in [0.29, 0.717) is 36.8 Å². The summed E-state index contributed by atoms with van der Waals surface area (Å²) in [5, 5.41) is 4.14. The quantitative estimate of drug-likeness (QED) is 0.0843. The Balaban J connectivity index is 0.000000518. The topological polar surface area (TPSA) is 174 Å². The Hall–Kier alpha value is -4.99. The normalized spacial score (nSPS) is 12.4. The number of imidazole rings is 1. The summed E-state index contributed by atoms with van der Waals surface area (Å²) in [6, 6.07) is 11.3. The summed E-state index contributed by atoms with van der Waals surface area (Å²) < 4.78 is 11.7. The molecule has 0 atom stereocenters. The zero-order valence-corrected chi connectivity index (χ0v) is 27.5. The van der Waals surface area contributed by atoms with Gasteiger partial charge in [0.15, 0.2) is 11.5 Å². The molecule has 5 rings (SSSR count). The molecule has 0 saturated carbocycles. The van der Waals surface area contributed by atoms with Crippen LogP contribution in [-0.2, 0) is 22.4 Å². The average molecular weight is 643 g/mol. The maximum Gasteiger partial charge on any atom is 0.223 e. The molecule has 0 aliphatic carbocycles. The number of nitrogens with one attached hydrogen (secondary N) is 2. The van der Waals surface area contributed by atoms with Crippen LogP contribution < -0.4 is 26.3 Å². The van der Waals surface area contributed by atoms with Gasteiger partial charge in [0.2, 0.25) is 5.91 Å². The van der Waals surface area contributed by atoms with E-state index in [2.05, 4.69) is 41.8 Å². The predicted octanol–water partition coefficient (Wildman–Crippen LogP) is 4.01. The number of primary amides is 1. The van der Waals surface area contributed by atoms with E-state index >= 15 is 0 Å². The Bertz CT molecular complexity index is 1610. The molecule has 1 fully saturated rings. The number of benzene rings is 2. The first kappa shape index (κ1) is 36.5. The molecule has 0 radical (unpaired) electrons. The monoisotopic (exact) mass is 642 g/mol. The molecular formula is C35H46N8O4. The fourth-order valence-electron chi connectivity index (χ4n) is 4.94. The van der Waals surface area contributed by atoms with E-state index < -0.39 is 0 Å². The second-order valence-electron chi connectivity index (χ2n) is 11.0. The molecule has 47 heavy (non-hydrogen) atoms. The zero-order valence-electron chi connectivity index (χ0n) is 27.5. The molecule has 4 aromatic rings. The fraction of sp³-hybridized carbons (Fsp3) is 0.400. The first-order chi connectivity index (χ1) is 22.9. The Morgan fingerprint density at radius 1 is 1.11 bits per heavy atom. The number of aldehydes is 1. The van der Waals surface area contributed by atoms with Crippen molar-refractivity contribution in [3.05, 3.63) is 66.0 Å². The molecule has 12 nitrogen and oxygen atoms in total. The van der Waals surface area contributed by atoms with Crippen LogP contribution in [-0.4, -0.2) is 77.9 Å². The number of anilines is 2. The summed E-state index contributed by atoms with van der Waals surface area (Å²) in [5.74, 6) is 5.45. The van der Waals surface area contributed by atoms with Crippen LogP contribution in [0.3, 0.4) is 0 Å². The van der Waals surface area contributed by atoms with Crippen LogP contribution >= 0.6 is 0 Å². The summed E-state index contributed by atoms with van der Waals surface area (Å²) in [7, 11) is 5.08. The van der Waals surface area contributed by atoms with Crippen molar-refractivity contribution in [3.63, 3.8) is 0 Å². The third kappa shape index (κ3) is 11.4. The van der Waals surface area contributed by atoms with Crippen molar-refractivity contribution in [1.82, 2.24) is 24.8 Å². The molecule has 250 valence electrons. The second-order valence-corrected chi connectivity index (χ2v) is 11.0. The predicted molar refractivity (Wildman–Crippen MR) is 185 cm³/mol. The van der Waals surface area contributed by atoms with Crippen molar-refractivity contribution in [1.29, 1.82) is 0 Å². The van der Waals surface area contributed by atoms with E-state index in [9.17, 15) is 9.59 Å². The van der Waals surface area contributed by atoms with Gasteiger partial charge in [-0.05, 0) is 51.2 Å². The number of nitrogens with zero attached hydrogens (tertiary/aromatic N) is 4. The van der Waals surface area contributed by atoms with Gasteiger partial charge in [-0.1, -0.05) is 24.8 Å². The molecule has 0 spiro atoms. The summed E-state index contributed by atoms with van der Waals surface area (Å²) in [6.07, 6.45) is 16.3. The number of likely N-dealkylation sites (tertiary alicyclic amines) is 1. The number of ether oxygens (including phenoxy) is 2. The lowest BCUT2D eigenvalue weighted by Gasteiger charge is -2.33. The van der Waals surface area contributed by atoms with E-state index in [1.807, 2.05) is 49.6 Å². The molecule has 12 heteroatoms. The van der Waals surface area contributed by atoms with Crippen LogP contribution in [0, 0.1) is 18.3 Å². The van der Waals surface area contributed by atoms with Gasteiger partial charge in [-0.25, -0.2) is 15.0 Å². The highest BCUT2D eigenvalue weighted by Gasteiger charge is 2.27. The molecule has 0 unspecified atom stereocenters. The van der Waals surface area contributed by atoms with Crippen LogP contribution in [0.15, 0.2) is 48.9 Å². The lowest BCUT2D eigenvalue weighted by Crippen LogP contribution is -2.50. The fourth-order valence-corrected chi connectivity index (χ4v) is 4.94. The number of hydrogen-bond donors (Lipinski definition) is 4. The highest BCUT2D eigenvalue weighted by atomic mass is 16.5. The van der Waals surface area contributed by atoms with Crippen molar-refractivity contribution >= 4 is 34.6 Å². The number of carbonyl (C=O) groups is 2. The summed E-state index contributed by atoms with van der Waals surface area (Å²) in [4.78, 5) is 39.5. The van der Waals surface area contributed by atoms with Gasteiger partial charge in [0.05, 0.1) is 25.2 Å². The summed E-state index contributed by atoms with van der Waals surface area (Å²) >= 11 is 0. The molecule has 0 bridgehead atoms. The summed E-state index contributed by atoms with van der Waals surface area (Å²) in [6.45, 7) is 2.14. The minimum Gasteiger partial charge on any atom is -0.493 e. The van der Waals surface area contributed by atoms with Gasteiger partial charge in [-0.15, -0.1) is 6.42 Å². The van der Waals surface area contributed by atoms with Gasteiger partial charge in [-0.3, -0.25) is 4.79 Å². The molecule has 2 aromatic carbocycles. The Labute approximate surface area is 276 Å². The number of terminal acetylenes is 1. The molecule has 2 aromatic heterocycles. The number of methoxy groups -OCH3 is 1. The van der Waals surface area contributed by atoms with E-state index in [1.165, 1.54) is 13.4 Å². The number of nitrogens with two attached hydrogens (primary N) is 2.